The van der Waals surface area contributed by atoms with E-state index in [0.29, 0.717) is 31.1 Å². The number of halogens is 1. The molecule has 0 atom stereocenters. The first-order chi connectivity index (χ1) is 14.7. The summed E-state index contributed by atoms with van der Waals surface area (Å²) < 4.78 is 18.5. The van der Waals surface area contributed by atoms with Gasteiger partial charge in [-0.25, -0.2) is 4.39 Å². The Morgan fingerprint density at radius 2 is 1.80 bits per heavy atom. The second-order valence-corrected chi connectivity index (χ2v) is 7.65. The van der Waals surface area contributed by atoms with E-state index in [4.69, 9.17) is 4.52 Å². The summed E-state index contributed by atoms with van der Waals surface area (Å²) in [7, 11) is 0. The number of carbonyl (C=O) groups excluding carboxylic acids is 1. The third-order valence-corrected chi connectivity index (χ3v) is 5.60. The maximum absolute atomic E-state index is 13.1. The van der Waals surface area contributed by atoms with E-state index in [0.717, 1.165) is 43.2 Å². The molecule has 1 amide bonds. The van der Waals surface area contributed by atoms with E-state index in [1.165, 1.54) is 12.1 Å². The highest BCUT2D eigenvalue weighted by Crippen LogP contribution is 2.25. The van der Waals surface area contributed by atoms with Crippen molar-refractivity contribution in [3.63, 3.8) is 0 Å². The van der Waals surface area contributed by atoms with E-state index >= 15 is 0 Å². The van der Waals surface area contributed by atoms with Gasteiger partial charge >= 0.3 is 0 Å². The summed E-state index contributed by atoms with van der Waals surface area (Å²) in [4.78, 5) is 23.4. The molecule has 0 N–H and O–H groups in total. The Hall–Kier alpha value is -3.09. The van der Waals surface area contributed by atoms with E-state index in [9.17, 15) is 9.18 Å². The van der Waals surface area contributed by atoms with Crippen LogP contribution in [0.15, 0.2) is 53.3 Å². The van der Waals surface area contributed by atoms with Crippen molar-refractivity contribution in [1.82, 2.24) is 20.0 Å². The van der Waals surface area contributed by atoms with Gasteiger partial charge in [0.05, 0.1) is 0 Å². The minimum absolute atomic E-state index is 0.104. The van der Waals surface area contributed by atoms with Gasteiger partial charge in [-0.1, -0.05) is 30.1 Å². The lowest BCUT2D eigenvalue weighted by molar-refractivity contribution is -0.133. The van der Waals surface area contributed by atoms with Crippen molar-refractivity contribution in [2.45, 2.75) is 51.0 Å². The number of pyridine rings is 1. The number of aryl methyl sites for hydroxylation is 1. The van der Waals surface area contributed by atoms with Gasteiger partial charge in [-0.2, -0.15) is 4.98 Å². The number of aromatic nitrogens is 3. The molecule has 0 unspecified atom stereocenters. The van der Waals surface area contributed by atoms with Gasteiger partial charge < -0.3 is 9.42 Å². The number of nitrogens with zero attached hydrogens (tertiary/aromatic N) is 4. The zero-order chi connectivity index (χ0) is 20.8. The Labute approximate surface area is 175 Å². The van der Waals surface area contributed by atoms with Crippen LogP contribution in [0.2, 0.25) is 0 Å². The average Bonchev–Trinajstić information content (AvgIpc) is 3.47. The van der Waals surface area contributed by atoms with Gasteiger partial charge in [0.2, 0.25) is 17.6 Å². The van der Waals surface area contributed by atoms with Crippen LogP contribution in [0, 0.1) is 5.82 Å². The van der Waals surface area contributed by atoms with Crippen LogP contribution >= 0.6 is 0 Å². The van der Waals surface area contributed by atoms with Crippen molar-refractivity contribution in [3.8, 4) is 11.4 Å². The molecule has 1 aliphatic carbocycles. The highest BCUT2D eigenvalue weighted by atomic mass is 19.1. The molecule has 1 fully saturated rings. The predicted molar refractivity (Wildman–Crippen MR) is 110 cm³/mol. The summed E-state index contributed by atoms with van der Waals surface area (Å²) in [5.74, 6) is 0.824. The molecule has 0 aliphatic heterocycles. The number of hydrogen-bond donors (Lipinski definition) is 0. The largest absolute Gasteiger partial charge is 0.339 e. The first-order valence-electron chi connectivity index (χ1n) is 10.5. The van der Waals surface area contributed by atoms with Crippen LogP contribution in [-0.4, -0.2) is 38.5 Å². The highest BCUT2D eigenvalue weighted by Gasteiger charge is 2.26. The van der Waals surface area contributed by atoms with E-state index in [1.54, 1.807) is 24.5 Å². The summed E-state index contributed by atoms with van der Waals surface area (Å²) in [6, 6.07) is 10.4. The Kier molecular flexibility index (Phi) is 6.47. The smallest absolute Gasteiger partial charge is 0.227 e. The molecule has 0 radical (unpaired) electrons. The third kappa shape index (κ3) is 5.09. The van der Waals surface area contributed by atoms with Crippen LogP contribution in [0.5, 0.6) is 0 Å². The molecule has 2 heterocycles. The second-order valence-electron chi connectivity index (χ2n) is 7.65. The fourth-order valence-corrected chi connectivity index (χ4v) is 3.96. The molecule has 156 valence electrons. The maximum atomic E-state index is 13.1. The summed E-state index contributed by atoms with van der Waals surface area (Å²) in [6.45, 7) is 0.640. The van der Waals surface area contributed by atoms with Gasteiger partial charge in [-0.3, -0.25) is 9.78 Å². The summed E-state index contributed by atoms with van der Waals surface area (Å²) in [6.07, 6.45) is 9.21. The number of rotatable bonds is 8. The minimum atomic E-state index is -0.242. The molecule has 30 heavy (non-hydrogen) atoms. The lowest BCUT2D eigenvalue weighted by Crippen LogP contribution is -2.40. The molecule has 2 aromatic heterocycles. The topological polar surface area (TPSA) is 72.1 Å². The van der Waals surface area contributed by atoms with Crippen molar-refractivity contribution < 1.29 is 13.7 Å². The Morgan fingerprint density at radius 3 is 2.53 bits per heavy atom. The van der Waals surface area contributed by atoms with Crippen LogP contribution in [0.25, 0.3) is 11.4 Å². The number of amides is 1. The van der Waals surface area contributed by atoms with E-state index in [-0.39, 0.29) is 17.8 Å². The molecule has 0 bridgehead atoms. The first kappa shape index (κ1) is 20.2. The number of hydrogen-bond acceptors (Lipinski definition) is 5. The minimum Gasteiger partial charge on any atom is -0.339 e. The van der Waals surface area contributed by atoms with Crippen LogP contribution in [-0.2, 0) is 17.6 Å². The highest BCUT2D eigenvalue weighted by molar-refractivity contribution is 5.76. The average molecular weight is 408 g/mol. The normalized spacial score (nSPS) is 14.2. The van der Waals surface area contributed by atoms with Crippen molar-refractivity contribution in [2.75, 3.05) is 6.54 Å². The molecule has 1 saturated carbocycles. The van der Waals surface area contributed by atoms with E-state index in [1.807, 2.05) is 17.0 Å². The molecule has 0 spiro atoms. The van der Waals surface area contributed by atoms with Crippen molar-refractivity contribution >= 4 is 5.91 Å². The van der Waals surface area contributed by atoms with Gasteiger partial charge in [0.1, 0.15) is 5.82 Å². The molecule has 1 aliphatic rings. The zero-order valence-corrected chi connectivity index (χ0v) is 16.8. The van der Waals surface area contributed by atoms with Gasteiger partial charge in [0.15, 0.2) is 0 Å². The lowest BCUT2D eigenvalue weighted by atomic mass is 10.1. The molecule has 3 aromatic rings. The fraction of sp³-hybridized carbons (Fsp3) is 0.391. The Morgan fingerprint density at radius 1 is 1.07 bits per heavy atom. The third-order valence-electron chi connectivity index (χ3n) is 5.60. The van der Waals surface area contributed by atoms with Crippen molar-refractivity contribution in [1.29, 1.82) is 0 Å². The summed E-state index contributed by atoms with van der Waals surface area (Å²) in [5, 5.41) is 4.00. The van der Waals surface area contributed by atoms with Gasteiger partial charge in [-0.15, -0.1) is 0 Å². The monoisotopic (exact) mass is 408 g/mol. The van der Waals surface area contributed by atoms with Crippen LogP contribution in [0.4, 0.5) is 4.39 Å². The van der Waals surface area contributed by atoms with Crippen molar-refractivity contribution in [3.05, 3.63) is 66.1 Å². The van der Waals surface area contributed by atoms with Gasteiger partial charge in [0.25, 0.3) is 0 Å². The predicted octanol–water partition coefficient (Wildman–Crippen LogP) is 4.22. The maximum Gasteiger partial charge on any atom is 0.227 e. The van der Waals surface area contributed by atoms with Crippen molar-refractivity contribution in [2.24, 2.45) is 0 Å². The fourth-order valence-electron chi connectivity index (χ4n) is 3.96. The van der Waals surface area contributed by atoms with Gasteiger partial charge in [-0.05, 0) is 49.1 Å². The molecule has 0 saturated heterocycles. The van der Waals surface area contributed by atoms with Crippen LogP contribution in [0.3, 0.4) is 0 Å². The zero-order valence-electron chi connectivity index (χ0n) is 16.8. The quantitative estimate of drug-likeness (QED) is 0.558. The lowest BCUT2D eigenvalue weighted by Gasteiger charge is -2.29. The van der Waals surface area contributed by atoms with Crippen LogP contribution < -0.4 is 0 Å². The van der Waals surface area contributed by atoms with Crippen LogP contribution in [0.1, 0.15) is 43.6 Å². The summed E-state index contributed by atoms with van der Waals surface area (Å²) in [5.41, 5.74) is 1.87. The molecular formula is C23H25FN4O2. The van der Waals surface area contributed by atoms with Gasteiger partial charge in [0, 0.05) is 43.4 Å². The van der Waals surface area contributed by atoms with E-state index < -0.39 is 0 Å². The Bertz CT molecular complexity index is 953. The molecule has 4 rings (SSSR count). The molecule has 7 heteroatoms. The SMILES string of the molecule is O=C(CCc1nc(-c2ccncc2)no1)N(CCc1ccc(F)cc1)C1CCCC1. The number of benzene rings is 1. The molecule has 1 aromatic carbocycles. The first-order valence-corrected chi connectivity index (χ1v) is 10.5. The standard InChI is InChI=1S/C23H25FN4O2/c24-19-7-5-17(6-8-19)13-16-28(20-3-1-2-4-20)22(29)10-9-21-26-23(27-30-21)18-11-14-25-15-12-18/h5-8,11-12,14-15,20H,1-4,9-10,13,16H2. The summed E-state index contributed by atoms with van der Waals surface area (Å²) >= 11 is 0. The van der Waals surface area contributed by atoms with E-state index in [2.05, 4.69) is 15.1 Å². The number of carbonyl (C=O) groups is 1. The molecular weight excluding hydrogens is 383 g/mol. The second kappa shape index (κ2) is 9.61. The Balaban J connectivity index is 1.37. The molecule has 6 nitrogen and oxygen atoms in total.